The second-order valence-corrected chi connectivity index (χ2v) is 18.1. The summed E-state index contributed by atoms with van der Waals surface area (Å²) < 4.78 is 0. The predicted octanol–water partition coefficient (Wildman–Crippen LogP) is 16.0. The van der Waals surface area contributed by atoms with Crippen LogP contribution in [0.15, 0.2) is 237 Å². The molecule has 0 radical (unpaired) electrons. The fourth-order valence-electron chi connectivity index (χ4n) is 9.68. The predicted molar refractivity (Wildman–Crippen MR) is 282 cm³/mol. The maximum atomic E-state index is 5.21. The van der Waals surface area contributed by atoms with Crippen LogP contribution in [0.5, 0.6) is 0 Å². The van der Waals surface area contributed by atoms with E-state index in [4.69, 9.17) is 24.9 Å². The molecule has 5 nitrogen and oxygen atoms in total. The van der Waals surface area contributed by atoms with Crippen LogP contribution in [-0.4, -0.2) is 24.9 Å². The molecule has 5 heteroatoms. The van der Waals surface area contributed by atoms with E-state index in [2.05, 4.69) is 220 Å². The summed E-state index contributed by atoms with van der Waals surface area (Å²) in [7, 11) is 0. The fourth-order valence-corrected chi connectivity index (χ4v) is 9.68. The van der Waals surface area contributed by atoms with E-state index in [0.717, 1.165) is 78.1 Å². The van der Waals surface area contributed by atoms with Gasteiger partial charge in [0.25, 0.3) is 0 Å². The lowest BCUT2D eigenvalue weighted by Gasteiger charge is -2.21. The summed E-state index contributed by atoms with van der Waals surface area (Å²) in [6, 6.07) is 82.7. The Kier molecular flexibility index (Phi) is 10.4. The lowest BCUT2D eigenvalue weighted by Crippen LogP contribution is -2.14. The molecule has 0 saturated carbocycles. The topological polar surface area (TPSA) is 64.5 Å². The second kappa shape index (κ2) is 17.4. The van der Waals surface area contributed by atoms with Crippen LogP contribution in [0, 0.1) is 0 Å². The molecule has 0 bridgehead atoms. The molecule has 0 amide bonds. The molecule has 69 heavy (non-hydrogen) atoms. The van der Waals surface area contributed by atoms with Crippen molar-refractivity contribution in [3.63, 3.8) is 0 Å². The standard InChI is InChI=1S/C64H45N5/c1-64(2)56-27-13-12-26-54(56)55-40-52(36-37-57(55)64)59-41-58(65-60(66-59)46-20-10-5-11-21-46)51-24-14-22-49(38-51)50-23-15-25-53(39-50)63-68-61(47-32-28-44(29-33-47)42-16-6-3-7-17-42)67-62(69-63)48-34-30-45(31-35-48)43-18-8-4-9-19-43/h3-41H,1-2H3. The van der Waals surface area contributed by atoms with E-state index in [9.17, 15) is 0 Å². The summed E-state index contributed by atoms with van der Waals surface area (Å²) >= 11 is 0. The van der Waals surface area contributed by atoms with Crippen molar-refractivity contribution in [2.24, 2.45) is 0 Å². The summed E-state index contributed by atoms with van der Waals surface area (Å²) in [5.41, 5.74) is 19.3. The highest BCUT2D eigenvalue weighted by Gasteiger charge is 2.35. The maximum Gasteiger partial charge on any atom is 0.164 e. The SMILES string of the molecule is CC1(C)c2ccccc2-c2cc(-c3cc(-c4cccc(-c5cccc(-c6nc(-c7ccc(-c8ccccc8)cc7)nc(-c7ccc(-c8ccccc8)cc7)n6)c5)c4)nc(-c4ccccc4)n3)ccc21. The van der Waals surface area contributed by atoms with E-state index in [1.54, 1.807) is 0 Å². The third-order valence-electron chi connectivity index (χ3n) is 13.4. The van der Waals surface area contributed by atoms with Crippen LogP contribution in [0.4, 0.5) is 0 Å². The van der Waals surface area contributed by atoms with Gasteiger partial charge in [-0.05, 0) is 79.9 Å². The molecule has 2 heterocycles. The Hall–Kier alpha value is -8.93. The van der Waals surface area contributed by atoms with Crippen molar-refractivity contribution >= 4 is 0 Å². The van der Waals surface area contributed by atoms with Gasteiger partial charge in [0.1, 0.15) is 0 Å². The molecule has 326 valence electrons. The normalized spacial score (nSPS) is 12.3. The number of aromatic nitrogens is 5. The van der Waals surface area contributed by atoms with Gasteiger partial charge in [-0.15, -0.1) is 0 Å². The van der Waals surface area contributed by atoms with Crippen molar-refractivity contribution in [2.75, 3.05) is 0 Å². The van der Waals surface area contributed by atoms with Gasteiger partial charge in [0, 0.05) is 38.8 Å². The van der Waals surface area contributed by atoms with Gasteiger partial charge in [0.15, 0.2) is 23.3 Å². The van der Waals surface area contributed by atoms with Gasteiger partial charge in [-0.1, -0.05) is 226 Å². The summed E-state index contributed by atoms with van der Waals surface area (Å²) in [4.78, 5) is 25.8. The largest absolute Gasteiger partial charge is 0.228 e. The van der Waals surface area contributed by atoms with Crippen molar-refractivity contribution in [2.45, 2.75) is 19.3 Å². The second-order valence-electron chi connectivity index (χ2n) is 18.1. The van der Waals surface area contributed by atoms with E-state index in [1.807, 2.05) is 30.3 Å². The number of hydrogen-bond acceptors (Lipinski definition) is 5. The molecule has 0 saturated heterocycles. The van der Waals surface area contributed by atoms with E-state index in [1.165, 1.54) is 22.3 Å². The molecule has 0 atom stereocenters. The van der Waals surface area contributed by atoms with E-state index in [0.29, 0.717) is 23.3 Å². The molecule has 2 aromatic heterocycles. The molecule has 1 aliphatic carbocycles. The molecular weight excluding hydrogens is 839 g/mol. The Morgan fingerprint density at radius 1 is 0.232 bits per heavy atom. The number of fused-ring (bicyclic) bond motifs is 3. The first-order chi connectivity index (χ1) is 33.9. The third kappa shape index (κ3) is 8.00. The maximum absolute atomic E-state index is 5.21. The van der Waals surface area contributed by atoms with Crippen LogP contribution in [0.2, 0.25) is 0 Å². The highest BCUT2D eigenvalue weighted by molar-refractivity contribution is 5.85. The van der Waals surface area contributed by atoms with E-state index < -0.39 is 0 Å². The molecule has 0 aliphatic heterocycles. The first kappa shape index (κ1) is 41.5. The molecule has 0 spiro atoms. The lowest BCUT2D eigenvalue weighted by atomic mass is 9.82. The number of nitrogens with zero attached hydrogens (tertiary/aromatic N) is 5. The minimum absolute atomic E-state index is 0.0769. The molecule has 1 aliphatic rings. The summed E-state index contributed by atoms with van der Waals surface area (Å²) in [6.07, 6.45) is 0. The third-order valence-corrected chi connectivity index (χ3v) is 13.4. The van der Waals surface area contributed by atoms with Crippen molar-refractivity contribution in [1.82, 2.24) is 24.9 Å². The van der Waals surface area contributed by atoms with Gasteiger partial charge in [-0.25, -0.2) is 24.9 Å². The molecule has 9 aromatic carbocycles. The molecule has 0 unspecified atom stereocenters. The quantitative estimate of drug-likeness (QED) is 0.144. The molecular formula is C64H45N5. The van der Waals surface area contributed by atoms with Gasteiger partial charge < -0.3 is 0 Å². The minimum atomic E-state index is -0.0769. The Morgan fingerprint density at radius 2 is 0.580 bits per heavy atom. The van der Waals surface area contributed by atoms with Gasteiger partial charge in [0.2, 0.25) is 0 Å². The minimum Gasteiger partial charge on any atom is -0.228 e. The Labute approximate surface area is 402 Å². The first-order valence-corrected chi connectivity index (χ1v) is 23.4. The van der Waals surface area contributed by atoms with Gasteiger partial charge in [0.05, 0.1) is 11.4 Å². The molecule has 11 aromatic rings. The van der Waals surface area contributed by atoms with Crippen LogP contribution < -0.4 is 0 Å². The lowest BCUT2D eigenvalue weighted by molar-refractivity contribution is 0.660. The van der Waals surface area contributed by atoms with Crippen LogP contribution in [0.1, 0.15) is 25.0 Å². The van der Waals surface area contributed by atoms with Crippen LogP contribution in [-0.2, 0) is 5.41 Å². The summed E-state index contributed by atoms with van der Waals surface area (Å²) in [5, 5.41) is 0. The van der Waals surface area contributed by atoms with E-state index in [-0.39, 0.29) is 5.41 Å². The highest BCUT2D eigenvalue weighted by atomic mass is 15.0. The van der Waals surface area contributed by atoms with Crippen molar-refractivity contribution in [3.05, 3.63) is 248 Å². The van der Waals surface area contributed by atoms with Crippen molar-refractivity contribution < 1.29 is 0 Å². The van der Waals surface area contributed by atoms with Gasteiger partial charge in [-0.2, -0.15) is 0 Å². The molecule has 12 rings (SSSR count). The van der Waals surface area contributed by atoms with Crippen LogP contribution in [0.25, 0.3) is 113 Å². The fraction of sp³-hybridized carbons (Fsp3) is 0.0469. The average molecular weight is 884 g/mol. The van der Waals surface area contributed by atoms with Crippen molar-refractivity contribution in [3.8, 4) is 113 Å². The monoisotopic (exact) mass is 883 g/mol. The smallest absolute Gasteiger partial charge is 0.164 e. The zero-order chi connectivity index (χ0) is 46.3. The van der Waals surface area contributed by atoms with Gasteiger partial charge in [-0.3, -0.25) is 0 Å². The number of hydrogen-bond donors (Lipinski definition) is 0. The number of benzene rings is 9. The molecule has 0 fully saturated rings. The average Bonchev–Trinajstić information content (AvgIpc) is 3.66. The molecule has 0 N–H and O–H groups in total. The van der Waals surface area contributed by atoms with E-state index >= 15 is 0 Å². The van der Waals surface area contributed by atoms with Crippen LogP contribution >= 0.6 is 0 Å². The number of rotatable bonds is 9. The zero-order valence-electron chi connectivity index (χ0n) is 38.3. The first-order valence-electron chi connectivity index (χ1n) is 23.4. The Morgan fingerprint density at radius 3 is 1.14 bits per heavy atom. The Bertz CT molecular complexity index is 3560. The highest BCUT2D eigenvalue weighted by Crippen LogP contribution is 2.49. The Balaban J connectivity index is 0.926. The summed E-state index contributed by atoms with van der Waals surface area (Å²) in [5.74, 6) is 2.50. The van der Waals surface area contributed by atoms with Gasteiger partial charge >= 0.3 is 0 Å². The zero-order valence-corrected chi connectivity index (χ0v) is 38.3. The summed E-state index contributed by atoms with van der Waals surface area (Å²) in [6.45, 7) is 4.62. The van der Waals surface area contributed by atoms with Crippen molar-refractivity contribution in [1.29, 1.82) is 0 Å². The van der Waals surface area contributed by atoms with Crippen LogP contribution in [0.3, 0.4) is 0 Å².